The molecule has 2 unspecified atom stereocenters. The molecule has 1 aliphatic carbocycles. The smallest absolute Gasteiger partial charge is 0.263 e. The van der Waals surface area contributed by atoms with Crippen LogP contribution in [0.5, 0.6) is 0 Å². The number of nitrogens with one attached hydrogen (secondary N) is 1. The number of aromatic nitrogens is 1. The molecular formula is C14H16N2O2S2. The fourth-order valence-electron chi connectivity index (χ4n) is 2.41. The maximum atomic E-state index is 12.2. The van der Waals surface area contributed by atoms with Crippen molar-refractivity contribution in [3.8, 4) is 9.88 Å². The van der Waals surface area contributed by atoms with Gasteiger partial charge in [0.2, 0.25) is 0 Å². The van der Waals surface area contributed by atoms with Crippen molar-refractivity contribution >= 4 is 28.6 Å². The predicted octanol–water partition coefficient (Wildman–Crippen LogP) is 2.90. The van der Waals surface area contributed by atoms with Crippen molar-refractivity contribution in [2.24, 2.45) is 0 Å². The molecule has 0 bridgehead atoms. The second-order valence-electron chi connectivity index (χ2n) is 4.94. The molecule has 1 amide bonds. The van der Waals surface area contributed by atoms with E-state index >= 15 is 0 Å². The largest absolute Gasteiger partial charge is 0.391 e. The van der Waals surface area contributed by atoms with Crippen LogP contribution in [0, 0.1) is 0 Å². The second kappa shape index (κ2) is 6.03. The third kappa shape index (κ3) is 2.92. The van der Waals surface area contributed by atoms with Gasteiger partial charge in [0.15, 0.2) is 0 Å². The Bertz CT molecular complexity index is 580. The van der Waals surface area contributed by atoms with Crippen LogP contribution in [0.1, 0.15) is 35.4 Å². The van der Waals surface area contributed by atoms with Gasteiger partial charge in [-0.05, 0) is 24.3 Å². The van der Waals surface area contributed by atoms with Gasteiger partial charge >= 0.3 is 0 Å². The zero-order valence-corrected chi connectivity index (χ0v) is 12.5. The number of hydrogen-bond acceptors (Lipinski definition) is 5. The Balaban J connectivity index is 1.68. The highest BCUT2D eigenvalue weighted by atomic mass is 32.1. The number of amides is 1. The average Bonchev–Trinajstić information content (AvgIpc) is 3.11. The van der Waals surface area contributed by atoms with Crippen LogP contribution in [0.4, 0.5) is 0 Å². The molecular weight excluding hydrogens is 292 g/mol. The fraction of sp³-hybridized carbons (Fsp3) is 0.429. The summed E-state index contributed by atoms with van der Waals surface area (Å²) < 4.78 is 0. The summed E-state index contributed by atoms with van der Waals surface area (Å²) in [5, 5.41) is 15.7. The third-order valence-corrected chi connectivity index (χ3v) is 5.54. The van der Waals surface area contributed by atoms with Crippen molar-refractivity contribution in [1.29, 1.82) is 0 Å². The van der Waals surface area contributed by atoms with Gasteiger partial charge in [-0.2, -0.15) is 0 Å². The Morgan fingerprint density at radius 3 is 3.00 bits per heavy atom. The molecule has 0 saturated heterocycles. The van der Waals surface area contributed by atoms with Crippen LogP contribution in [-0.2, 0) is 0 Å². The van der Waals surface area contributed by atoms with E-state index in [2.05, 4.69) is 10.3 Å². The number of aliphatic hydroxyl groups is 1. The zero-order valence-electron chi connectivity index (χ0n) is 10.9. The molecule has 2 aromatic rings. The molecule has 0 radical (unpaired) electrons. The molecule has 4 nitrogen and oxygen atoms in total. The molecule has 0 aliphatic heterocycles. The molecule has 3 rings (SSSR count). The van der Waals surface area contributed by atoms with Gasteiger partial charge in [-0.15, -0.1) is 22.7 Å². The highest BCUT2D eigenvalue weighted by Crippen LogP contribution is 2.29. The lowest BCUT2D eigenvalue weighted by Crippen LogP contribution is -2.44. The molecule has 0 aromatic carbocycles. The minimum atomic E-state index is -0.419. The third-order valence-electron chi connectivity index (χ3n) is 3.51. The number of thiophene rings is 1. The summed E-state index contributed by atoms with van der Waals surface area (Å²) in [6.45, 7) is 0. The maximum Gasteiger partial charge on any atom is 0.263 e. The van der Waals surface area contributed by atoms with E-state index in [4.69, 9.17) is 0 Å². The lowest BCUT2D eigenvalue weighted by atomic mass is 9.92. The summed E-state index contributed by atoms with van der Waals surface area (Å²) in [5.74, 6) is -0.128. The Labute approximate surface area is 125 Å². The number of carbonyl (C=O) groups is 1. The molecule has 0 spiro atoms. The summed E-state index contributed by atoms with van der Waals surface area (Å²) >= 11 is 3.01. The zero-order chi connectivity index (χ0) is 13.9. The molecule has 6 heteroatoms. The lowest BCUT2D eigenvalue weighted by Gasteiger charge is -2.28. The van der Waals surface area contributed by atoms with E-state index in [1.807, 2.05) is 17.5 Å². The van der Waals surface area contributed by atoms with Gasteiger partial charge in [0.25, 0.3) is 5.91 Å². The van der Waals surface area contributed by atoms with Crippen molar-refractivity contribution in [2.75, 3.05) is 0 Å². The predicted molar refractivity (Wildman–Crippen MR) is 81.2 cm³/mol. The summed E-state index contributed by atoms with van der Waals surface area (Å²) in [6, 6.07) is 3.85. The first-order chi connectivity index (χ1) is 9.74. The van der Waals surface area contributed by atoms with Gasteiger partial charge in [0.05, 0.1) is 23.2 Å². The monoisotopic (exact) mass is 308 g/mol. The summed E-state index contributed by atoms with van der Waals surface area (Å²) in [7, 11) is 0. The van der Waals surface area contributed by atoms with Crippen LogP contribution in [0.25, 0.3) is 9.88 Å². The van der Waals surface area contributed by atoms with Gasteiger partial charge in [-0.1, -0.05) is 18.9 Å². The molecule has 1 saturated carbocycles. The van der Waals surface area contributed by atoms with E-state index < -0.39 is 6.10 Å². The second-order valence-corrected chi connectivity index (χ2v) is 6.92. The first kappa shape index (κ1) is 13.7. The molecule has 2 heterocycles. The number of nitrogens with zero attached hydrogens (tertiary/aromatic N) is 1. The van der Waals surface area contributed by atoms with Gasteiger partial charge in [-0.25, -0.2) is 4.98 Å². The lowest BCUT2D eigenvalue weighted by molar-refractivity contribution is 0.0720. The summed E-state index contributed by atoms with van der Waals surface area (Å²) in [5.41, 5.74) is 0. The number of thiazole rings is 1. The summed E-state index contributed by atoms with van der Waals surface area (Å²) in [4.78, 5) is 18.2. The Morgan fingerprint density at radius 2 is 2.25 bits per heavy atom. The number of aliphatic hydroxyl groups excluding tert-OH is 1. The fourth-order valence-corrected chi connectivity index (χ4v) is 4.04. The minimum Gasteiger partial charge on any atom is -0.391 e. The Kier molecular flexibility index (Phi) is 4.14. The number of rotatable bonds is 3. The Hall–Kier alpha value is -1.24. The van der Waals surface area contributed by atoms with E-state index in [9.17, 15) is 9.90 Å². The molecule has 1 aliphatic rings. The van der Waals surface area contributed by atoms with Crippen molar-refractivity contribution in [3.05, 3.63) is 28.6 Å². The van der Waals surface area contributed by atoms with Gasteiger partial charge in [0, 0.05) is 0 Å². The average molecular weight is 308 g/mol. The van der Waals surface area contributed by atoms with E-state index in [-0.39, 0.29) is 11.9 Å². The molecule has 2 atom stereocenters. The quantitative estimate of drug-likeness (QED) is 0.916. The van der Waals surface area contributed by atoms with E-state index in [0.717, 1.165) is 35.6 Å². The summed E-state index contributed by atoms with van der Waals surface area (Å²) in [6.07, 6.45) is 4.92. The van der Waals surface area contributed by atoms with Crippen molar-refractivity contribution < 1.29 is 9.90 Å². The molecule has 2 aromatic heterocycles. The number of hydrogen-bond donors (Lipinski definition) is 2. The standard InChI is InChI=1S/C14H16N2O2S2/c17-10-5-2-1-4-9(10)16-13(18)12-8-15-14(20-12)11-6-3-7-19-11/h3,6-10,17H,1-2,4-5H2,(H,16,18). The Morgan fingerprint density at radius 1 is 1.40 bits per heavy atom. The molecule has 1 fully saturated rings. The van der Waals surface area contributed by atoms with Gasteiger partial charge in [-0.3, -0.25) is 4.79 Å². The van der Waals surface area contributed by atoms with Gasteiger partial charge in [0.1, 0.15) is 9.88 Å². The van der Waals surface area contributed by atoms with E-state index in [0.29, 0.717) is 4.88 Å². The van der Waals surface area contributed by atoms with Crippen LogP contribution in [0.3, 0.4) is 0 Å². The van der Waals surface area contributed by atoms with Crippen molar-refractivity contribution in [3.63, 3.8) is 0 Å². The van der Waals surface area contributed by atoms with Crippen LogP contribution in [0.15, 0.2) is 23.7 Å². The minimum absolute atomic E-state index is 0.122. The van der Waals surface area contributed by atoms with Crippen molar-refractivity contribution in [2.45, 2.75) is 37.8 Å². The number of carbonyl (C=O) groups excluding carboxylic acids is 1. The molecule has 2 N–H and O–H groups in total. The topological polar surface area (TPSA) is 62.2 Å². The first-order valence-electron chi connectivity index (χ1n) is 6.72. The highest BCUT2D eigenvalue weighted by molar-refractivity contribution is 7.21. The van der Waals surface area contributed by atoms with E-state index in [1.54, 1.807) is 17.5 Å². The first-order valence-corrected chi connectivity index (χ1v) is 8.42. The SMILES string of the molecule is O=C(NC1CCCCC1O)c1cnc(-c2cccs2)s1. The van der Waals surface area contributed by atoms with Crippen LogP contribution >= 0.6 is 22.7 Å². The normalized spacial score (nSPS) is 22.6. The van der Waals surface area contributed by atoms with E-state index in [1.165, 1.54) is 11.3 Å². The van der Waals surface area contributed by atoms with Crippen LogP contribution in [0.2, 0.25) is 0 Å². The molecule has 106 valence electrons. The molecule has 20 heavy (non-hydrogen) atoms. The highest BCUT2D eigenvalue weighted by Gasteiger charge is 2.25. The van der Waals surface area contributed by atoms with Crippen LogP contribution < -0.4 is 5.32 Å². The maximum absolute atomic E-state index is 12.2. The van der Waals surface area contributed by atoms with Crippen LogP contribution in [-0.4, -0.2) is 28.1 Å². The van der Waals surface area contributed by atoms with Gasteiger partial charge < -0.3 is 10.4 Å². The van der Waals surface area contributed by atoms with Crippen molar-refractivity contribution in [1.82, 2.24) is 10.3 Å².